The number of hydrazine groups is 1. The van der Waals surface area contributed by atoms with Gasteiger partial charge in [-0.2, -0.15) is 0 Å². The van der Waals surface area contributed by atoms with Gasteiger partial charge in [0, 0.05) is 11.1 Å². The monoisotopic (exact) mass is 281 g/mol. The molecule has 2 aromatic rings. The zero-order chi connectivity index (χ0) is 13.7. The van der Waals surface area contributed by atoms with Crippen molar-refractivity contribution in [2.24, 2.45) is 5.84 Å². The summed E-state index contributed by atoms with van der Waals surface area (Å²) in [5, 5.41) is 4.20. The molecule has 0 radical (unpaired) electrons. The fraction of sp³-hybridized carbons (Fsp3) is 0.167. The molecule has 0 aliphatic carbocycles. The number of ether oxygens (including phenoxy) is 1. The number of nitrogens with one attached hydrogen (secondary N) is 1. The Morgan fingerprint density at radius 2 is 2.21 bits per heavy atom. The topological polar surface area (TPSA) is 90.4 Å². The predicted molar refractivity (Wildman–Crippen MR) is 68.1 cm³/mol. The number of amides is 1. The standard InChI is InChI=1S/C12H12ClN3O3/c13-10-4-2-1-3-8(10)6-18-7-9-5-11(16-19-9)12(17)15-14/h1-5H,6-7,14H2,(H,15,17). The molecule has 3 N–H and O–H groups in total. The lowest BCUT2D eigenvalue weighted by Crippen LogP contribution is -2.30. The van der Waals surface area contributed by atoms with E-state index in [1.165, 1.54) is 6.07 Å². The van der Waals surface area contributed by atoms with E-state index in [-0.39, 0.29) is 12.3 Å². The molecule has 19 heavy (non-hydrogen) atoms. The second-order valence-electron chi connectivity index (χ2n) is 3.74. The number of rotatable bonds is 5. The minimum Gasteiger partial charge on any atom is -0.369 e. The average molecular weight is 282 g/mol. The van der Waals surface area contributed by atoms with Crippen molar-refractivity contribution in [2.45, 2.75) is 13.2 Å². The number of carbonyl (C=O) groups excluding carboxylic acids is 1. The van der Waals surface area contributed by atoms with E-state index in [0.29, 0.717) is 17.4 Å². The fourth-order valence-electron chi connectivity index (χ4n) is 1.44. The number of halogens is 1. The highest BCUT2D eigenvalue weighted by atomic mass is 35.5. The molecule has 0 aliphatic rings. The highest BCUT2D eigenvalue weighted by molar-refractivity contribution is 6.31. The third-order valence-electron chi connectivity index (χ3n) is 2.38. The molecular weight excluding hydrogens is 270 g/mol. The van der Waals surface area contributed by atoms with Gasteiger partial charge in [-0.25, -0.2) is 5.84 Å². The van der Waals surface area contributed by atoms with E-state index in [4.69, 9.17) is 26.7 Å². The first-order chi connectivity index (χ1) is 9.20. The molecule has 1 aromatic carbocycles. The Morgan fingerprint density at radius 3 is 2.95 bits per heavy atom. The van der Waals surface area contributed by atoms with Crippen LogP contribution in [0.4, 0.5) is 0 Å². The summed E-state index contributed by atoms with van der Waals surface area (Å²) < 4.78 is 10.4. The molecule has 2 rings (SSSR count). The van der Waals surface area contributed by atoms with Gasteiger partial charge in [-0.05, 0) is 11.6 Å². The van der Waals surface area contributed by atoms with Gasteiger partial charge in [-0.1, -0.05) is 35.0 Å². The summed E-state index contributed by atoms with van der Waals surface area (Å²) in [6.07, 6.45) is 0. The smallest absolute Gasteiger partial charge is 0.287 e. The lowest BCUT2D eigenvalue weighted by Gasteiger charge is -2.03. The third kappa shape index (κ3) is 3.54. The van der Waals surface area contributed by atoms with Crippen molar-refractivity contribution in [2.75, 3.05) is 0 Å². The van der Waals surface area contributed by atoms with Crippen molar-refractivity contribution in [1.82, 2.24) is 10.6 Å². The molecule has 0 fully saturated rings. The number of carbonyl (C=O) groups is 1. The first-order valence-corrected chi connectivity index (χ1v) is 5.86. The molecular formula is C12H12ClN3O3. The van der Waals surface area contributed by atoms with Crippen LogP contribution in [0.1, 0.15) is 21.8 Å². The molecule has 0 spiro atoms. The van der Waals surface area contributed by atoms with Gasteiger partial charge < -0.3 is 9.26 Å². The van der Waals surface area contributed by atoms with E-state index < -0.39 is 5.91 Å². The van der Waals surface area contributed by atoms with Crippen LogP contribution in [0.2, 0.25) is 5.02 Å². The van der Waals surface area contributed by atoms with Crippen molar-refractivity contribution in [3.63, 3.8) is 0 Å². The number of hydrogen-bond acceptors (Lipinski definition) is 5. The van der Waals surface area contributed by atoms with Gasteiger partial charge in [0.15, 0.2) is 11.5 Å². The van der Waals surface area contributed by atoms with Crippen LogP contribution in [0.3, 0.4) is 0 Å². The molecule has 6 nitrogen and oxygen atoms in total. The van der Waals surface area contributed by atoms with Crippen LogP contribution < -0.4 is 11.3 Å². The Bertz CT molecular complexity index is 571. The van der Waals surface area contributed by atoms with Gasteiger partial charge in [0.25, 0.3) is 5.91 Å². The Balaban J connectivity index is 1.88. The van der Waals surface area contributed by atoms with Crippen molar-refractivity contribution in [3.8, 4) is 0 Å². The van der Waals surface area contributed by atoms with Crippen molar-refractivity contribution >= 4 is 17.5 Å². The summed E-state index contributed by atoms with van der Waals surface area (Å²) in [6, 6.07) is 8.85. The lowest BCUT2D eigenvalue weighted by atomic mass is 10.2. The quantitative estimate of drug-likeness (QED) is 0.494. The molecule has 1 heterocycles. The van der Waals surface area contributed by atoms with Crippen LogP contribution in [0, 0.1) is 0 Å². The number of nitrogens with two attached hydrogens (primary N) is 1. The number of aromatic nitrogens is 1. The lowest BCUT2D eigenvalue weighted by molar-refractivity contribution is 0.0878. The van der Waals surface area contributed by atoms with Gasteiger partial charge >= 0.3 is 0 Å². The normalized spacial score (nSPS) is 10.4. The van der Waals surface area contributed by atoms with Crippen LogP contribution in [0.5, 0.6) is 0 Å². The third-order valence-corrected chi connectivity index (χ3v) is 2.75. The first-order valence-electron chi connectivity index (χ1n) is 5.48. The highest BCUT2D eigenvalue weighted by Crippen LogP contribution is 2.16. The molecule has 0 saturated carbocycles. The molecule has 0 unspecified atom stereocenters. The number of nitrogen functional groups attached to an aromatic ring is 1. The van der Waals surface area contributed by atoms with E-state index in [1.807, 2.05) is 23.6 Å². The minimum atomic E-state index is -0.513. The zero-order valence-electron chi connectivity index (χ0n) is 9.93. The highest BCUT2D eigenvalue weighted by Gasteiger charge is 2.11. The second kappa shape index (κ2) is 6.33. The fourth-order valence-corrected chi connectivity index (χ4v) is 1.63. The molecule has 0 bridgehead atoms. The Morgan fingerprint density at radius 1 is 1.42 bits per heavy atom. The van der Waals surface area contributed by atoms with E-state index in [1.54, 1.807) is 6.07 Å². The number of benzene rings is 1. The van der Waals surface area contributed by atoms with E-state index in [9.17, 15) is 4.79 Å². The first kappa shape index (κ1) is 13.5. The Kier molecular flexibility index (Phi) is 4.51. The SMILES string of the molecule is NNC(=O)c1cc(COCc2ccccc2Cl)on1. The van der Waals surface area contributed by atoms with Gasteiger partial charge in [0.2, 0.25) is 0 Å². The van der Waals surface area contributed by atoms with Crippen molar-refractivity contribution in [1.29, 1.82) is 0 Å². The van der Waals surface area contributed by atoms with Gasteiger partial charge in [-0.15, -0.1) is 0 Å². The maximum absolute atomic E-state index is 11.1. The summed E-state index contributed by atoms with van der Waals surface area (Å²) in [5.74, 6) is 4.90. The van der Waals surface area contributed by atoms with Gasteiger partial charge in [-0.3, -0.25) is 10.2 Å². The molecule has 0 saturated heterocycles. The summed E-state index contributed by atoms with van der Waals surface area (Å²) in [4.78, 5) is 11.1. The van der Waals surface area contributed by atoms with E-state index in [0.717, 1.165) is 5.56 Å². The van der Waals surface area contributed by atoms with Crippen LogP contribution in [0.15, 0.2) is 34.9 Å². The largest absolute Gasteiger partial charge is 0.369 e. The van der Waals surface area contributed by atoms with E-state index >= 15 is 0 Å². The van der Waals surface area contributed by atoms with Crippen LogP contribution >= 0.6 is 11.6 Å². The summed E-state index contributed by atoms with van der Waals surface area (Å²) >= 11 is 5.99. The average Bonchev–Trinajstić information content (AvgIpc) is 2.89. The minimum absolute atomic E-state index is 0.110. The molecule has 1 aromatic heterocycles. The summed E-state index contributed by atoms with van der Waals surface area (Å²) in [6.45, 7) is 0.537. The Labute approximate surface area is 114 Å². The molecule has 7 heteroatoms. The Hall–Kier alpha value is -1.89. The maximum atomic E-state index is 11.1. The van der Waals surface area contributed by atoms with Crippen LogP contribution in [0.25, 0.3) is 0 Å². The molecule has 0 atom stereocenters. The van der Waals surface area contributed by atoms with Crippen molar-refractivity contribution in [3.05, 3.63) is 52.4 Å². The van der Waals surface area contributed by atoms with Gasteiger partial charge in [0.05, 0.1) is 6.61 Å². The van der Waals surface area contributed by atoms with Crippen molar-refractivity contribution < 1.29 is 14.1 Å². The molecule has 0 aliphatic heterocycles. The molecule has 100 valence electrons. The predicted octanol–water partition coefficient (Wildman–Crippen LogP) is 1.65. The maximum Gasteiger partial charge on any atom is 0.287 e. The van der Waals surface area contributed by atoms with E-state index in [2.05, 4.69) is 5.16 Å². The summed E-state index contributed by atoms with van der Waals surface area (Å²) in [5.41, 5.74) is 2.95. The number of hydrogen-bond donors (Lipinski definition) is 2. The van der Waals surface area contributed by atoms with Crippen LogP contribution in [-0.2, 0) is 18.0 Å². The molecule has 1 amide bonds. The second-order valence-corrected chi connectivity index (χ2v) is 4.14. The summed E-state index contributed by atoms with van der Waals surface area (Å²) in [7, 11) is 0. The number of nitrogens with zero attached hydrogens (tertiary/aromatic N) is 1. The van der Waals surface area contributed by atoms with Crippen LogP contribution in [-0.4, -0.2) is 11.1 Å². The zero-order valence-corrected chi connectivity index (χ0v) is 10.7. The van der Waals surface area contributed by atoms with Gasteiger partial charge in [0.1, 0.15) is 6.61 Å².